The highest BCUT2D eigenvalue weighted by Gasteiger charge is 2.31. The number of unbranched alkanes of at least 4 members (excludes halogenated alkanes) is 9. The lowest BCUT2D eigenvalue weighted by molar-refractivity contribution is -0.294. The number of carbonyl (C=O) groups is 2. The van der Waals surface area contributed by atoms with Crippen LogP contribution < -0.4 is 0 Å². The molecule has 0 amide bonds. The average molecular weight is 383 g/mol. The van der Waals surface area contributed by atoms with Crippen molar-refractivity contribution in [1.29, 1.82) is 0 Å². The minimum absolute atomic E-state index is 0.0953. The van der Waals surface area contributed by atoms with Crippen LogP contribution in [-0.4, -0.2) is 23.7 Å². The Kier molecular flexibility index (Phi) is 13.7. The molecule has 1 fully saturated rings. The predicted molar refractivity (Wildman–Crippen MR) is 106 cm³/mol. The number of rotatable bonds is 16. The Hall–Kier alpha value is -1.36. The molecule has 0 radical (unpaired) electrons. The third kappa shape index (κ3) is 11.9. The molecule has 1 rings (SSSR count). The summed E-state index contributed by atoms with van der Waals surface area (Å²) < 4.78 is 0. The van der Waals surface area contributed by atoms with Crippen molar-refractivity contribution in [2.24, 2.45) is 11.8 Å². The van der Waals surface area contributed by atoms with Gasteiger partial charge in [-0.25, -0.2) is 4.79 Å². The summed E-state index contributed by atoms with van der Waals surface area (Å²) in [4.78, 5) is 32.2. The first-order chi connectivity index (χ1) is 13.1. The third-order valence-electron chi connectivity index (χ3n) is 5.26. The third-order valence-corrected chi connectivity index (χ3v) is 5.26. The standard InChI is InChI=1S/C22H38O5/c1-2-3-4-5-6-8-11-14-19(20-17-18-26-27-22(20)25)15-12-9-7-10-13-16-21(23)24/h11,14,19-20H,2-10,12-13,15-18H2,1H3,(H,23,24)/b14-11-. The smallest absolute Gasteiger partial charge is 0.346 e. The number of carbonyl (C=O) groups excluding carboxylic acids is 1. The molecule has 0 aliphatic carbocycles. The SMILES string of the molecule is CCCCCCC/C=C\C(CCCCCCCC(=O)O)C1CCOOC1=O. The second kappa shape index (κ2) is 15.7. The Morgan fingerprint density at radius 1 is 1.11 bits per heavy atom. The summed E-state index contributed by atoms with van der Waals surface area (Å²) in [5.41, 5.74) is 0. The fourth-order valence-corrected chi connectivity index (χ4v) is 3.60. The molecule has 2 unspecified atom stereocenters. The lowest BCUT2D eigenvalue weighted by atomic mass is 9.84. The number of hydrogen-bond acceptors (Lipinski definition) is 4. The van der Waals surface area contributed by atoms with E-state index in [1.54, 1.807) is 0 Å². The summed E-state index contributed by atoms with van der Waals surface area (Å²) in [5, 5.41) is 8.66. The number of aliphatic carboxylic acids is 1. The second-order valence-corrected chi connectivity index (χ2v) is 7.61. The minimum Gasteiger partial charge on any atom is -0.481 e. The largest absolute Gasteiger partial charge is 0.481 e. The van der Waals surface area contributed by atoms with Gasteiger partial charge in [-0.15, -0.1) is 0 Å². The molecule has 0 bridgehead atoms. The molecule has 1 N–H and O–H groups in total. The van der Waals surface area contributed by atoms with Crippen molar-refractivity contribution in [3.8, 4) is 0 Å². The van der Waals surface area contributed by atoms with Crippen molar-refractivity contribution in [2.45, 2.75) is 96.8 Å². The average Bonchev–Trinajstić information content (AvgIpc) is 2.65. The first kappa shape index (κ1) is 23.7. The van der Waals surface area contributed by atoms with E-state index in [0.29, 0.717) is 6.61 Å². The van der Waals surface area contributed by atoms with Gasteiger partial charge < -0.3 is 5.11 Å². The highest BCUT2D eigenvalue weighted by atomic mass is 17.2. The Balaban J connectivity index is 2.32. The molecule has 0 saturated carbocycles. The van der Waals surface area contributed by atoms with E-state index in [-0.39, 0.29) is 24.2 Å². The van der Waals surface area contributed by atoms with Crippen LogP contribution in [0.15, 0.2) is 12.2 Å². The number of carboxylic acid groups (broad SMARTS) is 1. The van der Waals surface area contributed by atoms with Crippen LogP contribution >= 0.6 is 0 Å². The molecule has 2 atom stereocenters. The van der Waals surface area contributed by atoms with E-state index in [0.717, 1.165) is 51.4 Å². The molecule has 5 nitrogen and oxygen atoms in total. The van der Waals surface area contributed by atoms with Gasteiger partial charge >= 0.3 is 11.9 Å². The summed E-state index contributed by atoms with van der Waals surface area (Å²) in [6.07, 6.45) is 18.8. The first-order valence-electron chi connectivity index (χ1n) is 10.9. The van der Waals surface area contributed by atoms with Crippen LogP contribution in [0.3, 0.4) is 0 Å². The molecule has 1 aliphatic rings. The van der Waals surface area contributed by atoms with Crippen molar-refractivity contribution in [3.63, 3.8) is 0 Å². The van der Waals surface area contributed by atoms with Crippen molar-refractivity contribution in [1.82, 2.24) is 0 Å². The molecule has 1 aliphatic heterocycles. The number of allylic oxidation sites excluding steroid dienone is 2. The Morgan fingerprint density at radius 3 is 2.56 bits per heavy atom. The van der Waals surface area contributed by atoms with Crippen molar-refractivity contribution < 1.29 is 24.5 Å². The van der Waals surface area contributed by atoms with Gasteiger partial charge in [0.2, 0.25) is 0 Å². The fourth-order valence-electron chi connectivity index (χ4n) is 3.60. The van der Waals surface area contributed by atoms with Gasteiger partial charge in [0.25, 0.3) is 0 Å². The van der Waals surface area contributed by atoms with Crippen molar-refractivity contribution in [3.05, 3.63) is 12.2 Å². The maximum atomic E-state index is 12.0. The second-order valence-electron chi connectivity index (χ2n) is 7.61. The van der Waals surface area contributed by atoms with Crippen LogP contribution in [0, 0.1) is 11.8 Å². The Labute approximate surface area is 164 Å². The summed E-state index contributed by atoms with van der Waals surface area (Å²) in [6, 6.07) is 0. The first-order valence-corrected chi connectivity index (χ1v) is 10.9. The Bertz CT molecular complexity index is 432. The van der Waals surface area contributed by atoms with Crippen LogP contribution in [0.4, 0.5) is 0 Å². The predicted octanol–water partition coefficient (Wildman–Crippen LogP) is 5.83. The minimum atomic E-state index is -0.715. The van der Waals surface area contributed by atoms with Gasteiger partial charge in [-0.05, 0) is 38.0 Å². The van der Waals surface area contributed by atoms with Crippen LogP contribution in [0.1, 0.15) is 96.8 Å². The molecule has 0 spiro atoms. The van der Waals surface area contributed by atoms with E-state index in [9.17, 15) is 9.59 Å². The monoisotopic (exact) mass is 382 g/mol. The van der Waals surface area contributed by atoms with E-state index in [2.05, 4.69) is 19.1 Å². The van der Waals surface area contributed by atoms with Crippen molar-refractivity contribution in [2.75, 3.05) is 6.61 Å². The normalized spacial score (nSPS) is 18.6. The zero-order valence-corrected chi connectivity index (χ0v) is 17.0. The van der Waals surface area contributed by atoms with Crippen LogP contribution in [0.5, 0.6) is 0 Å². The summed E-state index contributed by atoms with van der Waals surface area (Å²) in [6.45, 7) is 2.70. The Morgan fingerprint density at radius 2 is 1.81 bits per heavy atom. The maximum absolute atomic E-state index is 12.0. The molecule has 0 aromatic rings. The topological polar surface area (TPSA) is 72.8 Å². The highest BCUT2D eigenvalue weighted by Crippen LogP contribution is 2.28. The van der Waals surface area contributed by atoms with E-state index in [1.807, 2.05) is 0 Å². The molecule has 0 aromatic carbocycles. The van der Waals surface area contributed by atoms with Gasteiger partial charge in [0.15, 0.2) is 0 Å². The van der Waals surface area contributed by atoms with Gasteiger partial charge in [0.1, 0.15) is 0 Å². The number of hydrogen-bond donors (Lipinski definition) is 1. The van der Waals surface area contributed by atoms with Gasteiger partial charge in [-0.1, -0.05) is 70.4 Å². The quantitative estimate of drug-likeness (QED) is 0.206. The highest BCUT2D eigenvalue weighted by molar-refractivity contribution is 5.72. The van der Waals surface area contributed by atoms with Crippen LogP contribution in [0.25, 0.3) is 0 Å². The molecular formula is C22H38O5. The fraction of sp³-hybridized carbons (Fsp3) is 0.818. The van der Waals surface area contributed by atoms with E-state index in [1.165, 1.54) is 32.1 Å². The van der Waals surface area contributed by atoms with Gasteiger partial charge in [0, 0.05) is 6.42 Å². The summed E-state index contributed by atoms with van der Waals surface area (Å²) in [7, 11) is 0. The molecule has 0 aromatic heterocycles. The van der Waals surface area contributed by atoms with E-state index >= 15 is 0 Å². The number of carboxylic acids is 1. The van der Waals surface area contributed by atoms with Gasteiger partial charge in [-0.3, -0.25) is 9.68 Å². The molecule has 156 valence electrons. The summed E-state index contributed by atoms with van der Waals surface area (Å²) >= 11 is 0. The van der Waals surface area contributed by atoms with E-state index in [4.69, 9.17) is 14.9 Å². The van der Waals surface area contributed by atoms with Crippen molar-refractivity contribution >= 4 is 11.9 Å². The molecule has 1 heterocycles. The van der Waals surface area contributed by atoms with Gasteiger partial charge in [0.05, 0.1) is 12.5 Å². The molecule has 1 saturated heterocycles. The lowest BCUT2D eigenvalue weighted by Crippen LogP contribution is -2.31. The zero-order valence-electron chi connectivity index (χ0n) is 17.0. The van der Waals surface area contributed by atoms with Crippen LogP contribution in [0.2, 0.25) is 0 Å². The zero-order chi connectivity index (χ0) is 19.7. The maximum Gasteiger partial charge on any atom is 0.346 e. The molecular weight excluding hydrogens is 344 g/mol. The lowest BCUT2D eigenvalue weighted by Gasteiger charge is -2.25. The molecule has 27 heavy (non-hydrogen) atoms. The summed E-state index contributed by atoms with van der Waals surface area (Å²) in [5.74, 6) is -0.827. The van der Waals surface area contributed by atoms with Crippen LogP contribution in [-0.2, 0) is 19.4 Å². The molecule has 5 heteroatoms. The van der Waals surface area contributed by atoms with Gasteiger partial charge in [-0.2, -0.15) is 4.89 Å². The van der Waals surface area contributed by atoms with E-state index < -0.39 is 5.97 Å².